The number of nitrogens with zero attached hydrogens (tertiary/aromatic N) is 4. The number of carbonyl (C=O) groups is 2. The normalized spacial score (nSPS) is 16.4. The highest BCUT2D eigenvalue weighted by molar-refractivity contribution is 7.21. The van der Waals surface area contributed by atoms with Crippen molar-refractivity contribution in [2.24, 2.45) is 0 Å². The SMILES string of the molecule is CN(C(=O)Cc1ccccc1)C1CCC(N(Cc2cccc(-c3ncccn3)c2)C(=O)c2sc3c(F)ccc(F)c3c2Cl)CC1. The van der Waals surface area contributed by atoms with Gasteiger partial charge >= 0.3 is 0 Å². The summed E-state index contributed by atoms with van der Waals surface area (Å²) in [5.74, 6) is -1.04. The van der Waals surface area contributed by atoms with E-state index in [2.05, 4.69) is 9.97 Å². The van der Waals surface area contributed by atoms with Crippen molar-refractivity contribution in [3.63, 3.8) is 0 Å². The molecule has 2 amide bonds. The van der Waals surface area contributed by atoms with Crippen LogP contribution in [-0.2, 0) is 17.8 Å². The van der Waals surface area contributed by atoms with Crippen LogP contribution in [0.4, 0.5) is 8.78 Å². The van der Waals surface area contributed by atoms with Crippen molar-refractivity contribution in [1.82, 2.24) is 19.8 Å². The Balaban J connectivity index is 1.26. The molecule has 45 heavy (non-hydrogen) atoms. The number of halogens is 3. The quantitative estimate of drug-likeness (QED) is 0.172. The Morgan fingerprint density at radius 3 is 2.24 bits per heavy atom. The molecule has 10 heteroatoms. The molecule has 0 bridgehead atoms. The van der Waals surface area contributed by atoms with E-state index in [1.807, 2.05) is 66.5 Å². The van der Waals surface area contributed by atoms with E-state index >= 15 is 0 Å². The van der Waals surface area contributed by atoms with E-state index < -0.39 is 11.6 Å². The van der Waals surface area contributed by atoms with Crippen LogP contribution in [0.3, 0.4) is 0 Å². The molecule has 5 aromatic rings. The van der Waals surface area contributed by atoms with Gasteiger partial charge in [-0.3, -0.25) is 9.59 Å². The minimum atomic E-state index is -0.669. The minimum Gasteiger partial charge on any atom is -0.342 e. The van der Waals surface area contributed by atoms with Crippen molar-refractivity contribution in [3.8, 4) is 11.4 Å². The number of likely N-dealkylation sites (N-methyl/N-ethyl adjacent to an activating group) is 1. The molecule has 0 saturated heterocycles. The van der Waals surface area contributed by atoms with Crippen LogP contribution < -0.4 is 0 Å². The lowest BCUT2D eigenvalue weighted by Gasteiger charge is -2.39. The van der Waals surface area contributed by atoms with Crippen molar-refractivity contribution in [3.05, 3.63) is 118 Å². The number of carbonyl (C=O) groups excluding carboxylic acids is 2. The molecule has 0 unspecified atom stereocenters. The van der Waals surface area contributed by atoms with Gasteiger partial charge in [0, 0.05) is 43.6 Å². The third kappa shape index (κ3) is 6.60. The monoisotopic (exact) mass is 644 g/mol. The van der Waals surface area contributed by atoms with Gasteiger partial charge in [0.15, 0.2) is 5.82 Å². The summed E-state index contributed by atoms with van der Waals surface area (Å²) in [6, 6.07) is 21.0. The van der Waals surface area contributed by atoms with Crippen molar-refractivity contribution < 1.29 is 18.4 Å². The first-order valence-electron chi connectivity index (χ1n) is 14.8. The molecule has 0 N–H and O–H groups in total. The van der Waals surface area contributed by atoms with Gasteiger partial charge in [0.1, 0.15) is 16.5 Å². The standard InChI is InChI=1S/C35H31ClF2N4O2S/c1-41(29(43)20-22-7-3-2-4-8-22)25-11-13-26(14-12-25)42(21-23-9-5-10-24(19-23)34-39-17-6-18-40-34)35(44)33-31(36)30-27(37)15-16-28(38)32(30)45-33/h2-10,15-19,25-26H,11-14,20-21H2,1H3. The lowest BCUT2D eigenvalue weighted by molar-refractivity contribution is -0.132. The molecule has 1 aliphatic rings. The molecule has 0 atom stereocenters. The summed E-state index contributed by atoms with van der Waals surface area (Å²) < 4.78 is 29.4. The predicted octanol–water partition coefficient (Wildman–Crippen LogP) is 7.94. The van der Waals surface area contributed by atoms with E-state index in [0.29, 0.717) is 37.9 Å². The van der Waals surface area contributed by atoms with E-state index in [-0.39, 0.29) is 50.4 Å². The number of aromatic nitrogens is 2. The number of thiophene rings is 1. The highest BCUT2D eigenvalue weighted by Gasteiger charge is 2.34. The number of fused-ring (bicyclic) bond motifs is 1. The molecule has 1 saturated carbocycles. The minimum absolute atomic E-state index is 0.0220. The Morgan fingerprint density at radius 1 is 0.867 bits per heavy atom. The molecule has 3 aromatic carbocycles. The Morgan fingerprint density at radius 2 is 1.53 bits per heavy atom. The van der Waals surface area contributed by atoms with Crippen LogP contribution in [0.1, 0.15) is 46.5 Å². The summed E-state index contributed by atoms with van der Waals surface area (Å²) in [5.41, 5.74) is 2.64. The fraction of sp³-hybridized carbons (Fsp3) is 0.257. The third-order valence-electron chi connectivity index (χ3n) is 8.49. The maximum atomic E-state index is 14.7. The number of hydrogen-bond donors (Lipinski definition) is 0. The molecular formula is C35H31ClF2N4O2S. The smallest absolute Gasteiger partial charge is 0.266 e. The van der Waals surface area contributed by atoms with Crippen LogP contribution in [-0.4, -0.2) is 50.7 Å². The predicted molar refractivity (Wildman–Crippen MR) is 173 cm³/mol. The van der Waals surface area contributed by atoms with Gasteiger partial charge in [-0.15, -0.1) is 11.3 Å². The van der Waals surface area contributed by atoms with Gasteiger partial charge in [0.25, 0.3) is 5.91 Å². The van der Waals surface area contributed by atoms with Gasteiger partial charge in [-0.05, 0) is 61.1 Å². The van der Waals surface area contributed by atoms with Crippen molar-refractivity contribution in [1.29, 1.82) is 0 Å². The fourth-order valence-electron chi connectivity index (χ4n) is 6.04. The molecule has 6 rings (SSSR count). The Bertz CT molecular complexity index is 1830. The lowest BCUT2D eigenvalue weighted by atomic mass is 9.88. The second-order valence-corrected chi connectivity index (χ2v) is 12.7. The maximum Gasteiger partial charge on any atom is 0.266 e. The van der Waals surface area contributed by atoms with Gasteiger partial charge < -0.3 is 9.80 Å². The first-order chi connectivity index (χ1) is 21.8. The summed E-state index contributed by atoms with van der Waals surface area (Å²) in [7, 11) is 1.84. The molecule has 0 radical (unpaired) electrons. The van der Waals surface area contributed by atoms with Gasteiger partial charge in [0.05, 0.1) is 21.5 Å². The highest BCUT2D eigenvalue weighted by Crippen LogP contribution is 2.40. The summed E-state index contributed by atoms with van der Waals surface area (Å²) in [6.45, 7) is 0.257. The van der Waals surface area contributed by atoms with E-state index in [4.69, 9.17) is 11.6 Å². The Labute approximate surface area is 269 Å². The second kappa shape index (κ2) is 13.4. The highest BCUT2D eigenvalue weighted by atomic mass is 35.5. The van der Waals surface area contributed by atoms with E-state index in [0.717, 1.165) is 40.2 Å². The number of hydrogen-bond acceptors (Lipinski definition) is 5. The zero-order valence-electron chi connectivity index (χ0n) is 24.6. The van der Waals surface area contributed by atoms with Gasteiger partial charge in [-0.1, -0.05) is 60.1 Å². The zero-order valence-corrected chi connectivity index (χ0v) is 26.2. The average Bonchev–Trinajstić information content (AvgIpc) is 3.44. The fourth-order valence-corrected chi connectivity index (χ4v) is 7.55. The van der Waals surface area contributed by atoms with E-state index in [1.165, 1.54) is 0 Å². The lowest BCUT2D eigenvalue weighted by Crippen LogP contribution is -2.46. The molecule has 1 aliphatic carbocycles. The van der Waals surface area contributed by atoms with Crippen LogP contribution in [0, 0.1) is 11.6 Å². The molecule has 2 heterocycles. The van der Waals surface area contributed by atoms with Crippen molar-refractivity contribution in [2.45, 2.75) is 50.7 Å². The van der Waals surface area contributed by atoms with E-state index in [9.17, 15) is 18.4 Å². The number of benzene rings is 3. The van der Waals surface area contributed by atoms with Crippen LogP contribution in [0.25, 0.3) is 21.5 Å². The second-order valence-electron chi connectivity index (χ2n) is 11.3. The molecule has 0 spiro atoms. The van der Waals surface area contributed by atoms with Crippen molar-refractivity contribution >= 4 is 44.8 Å². The summed E-state index contributed by atoms with van der Waals surface area (Å²) in [4.78, 5) is 39.7. The average molecular weight is 645 g/mol. The topological polar surface area (TPSA) is 66.4 Å². The van der Waals surface area contributed by atoms with Crippen LogP contribution in [0.2, 0.25) is 5.02 Å². The van der Waals surface area contributed by atoms with Gasteiger partial charge in [0.2, 0.25) is 5.91 Å². The zero-order chi connectivity index (χ0) is 31.5. The van der Waals surface area contributed by atoms with Gasteiger partial charge in [-0.25, -0.2) is 18.7 Å². The number of amides is 2. The Kier molecular flexibility index (Phi) is 9.19. The molecule has 0 aliphatic heterocycles. The van der Waals surface area contributed by atoms with Crippen LogP contribution >= 0.6 is 22.9 Å². The first kappa shape index (κ1) is 30.8. The van der Waals surface area contributed by atoms with Crippen LogP contribution in [0.15, 0.2) is 85.2 Å². The van der Waals surface area contributed by atoms with Gasteiger partial charge in [-0.2, -0.15) is 0 Å². The number of rotatable bonds is 8. The van der Waals surface area contributed by atoms with Crippen molar-refractivity contribution in [2.75, 3.05) is 7.05 Å². The Hall–Kier alpha value is -4.21. The largest absolute Gasteiger partial charge is 0.342 e. The molecule has 2 aromatic heterocycles. The molecule has 6 nitrogen and oxygen atoms in total. The summed E-state index contributed by atoms with van der Waals surface area (Å²) in [6.07, 6.45) is 6.43. The maximum absolute atomic E-state index is 14.7. The third-order valence-corrected chi connectivity index (χ3v) is 10.2. The van der Waals surface area contributed by atoms with E-state index in [1.54, 1.807) is 23.4 Å². The summed E-state index contributed by atoms with van der Waals surface area (Å²) in [5, 5.41) is -0.149. The first-order valence-corrected chi connectivity index (χ1v) is 16.0. The molecule has 230 valence electrons. The van der Waals surface area contributed by atoms with Crippen LogP contribution in [0.5, 0.6) is 0 Å². The molecule has 1 fully saturated rings. The molecular weight excluding hydrogens is 614 g/mol. The summed E-state index contributed by atoms with van der Waals surface area (Å²) >= 11 is 7.46.